The molecule has 0 aliphatic carbocycles. The van der Waals surface area contributed by atoms with E-state index in [1.807, 2.05) is 5.43 Å². The average Bonchev–Trinajstić information content (AvgIpc) is 2.57. The van der Waals surface area contributed by atoms with E-state index in [1.54, 1.807) is 0 Å². The lowest BCUT2D eigenvalue weighted by Crippen LogP contribution is -2.34. The number of rotatable bonds is 2. The van der Waals surface area contributed by atoms with Crippen LogP contribution in [0.1, 0.15) is 20.8 Å². The highest BCUT2D eigenvalue weighted by Crippen LogP contribution is 2.25. The normalized spacial score (nSPS) is 9.87. The number of nitrogens with zero attached hydrogens (tertiary/aromatic N) is 2. The summed E-state index contributed by atoms with van der Waals surface area (Å²) in [5.74, 6) is 8.31. The fraction of sp³-hybridized carbons (Fsp3) is 0. The van der Waals surface area contributed by atoms with Crippen LogP contribution >= 0.6 is 34.9 Å². The Morgan fingerprint density at radius 3 is 2.60 bits per heavy atom. The summed E-state index contributed by atoms with van der Waals surface area (Å²) in [5.41, 5.74) is 1.44. The molecule has 0 aromatic carbocycles. The maximum absolute atomic E-state index is 11.3. The first-order chi connectivity index (χ1) is 6.99. The van der Waals surface area contributed by atoms with Crippen LogP contribution in [-0.4, -0.2) is 20.7 Å². The van der Waals surface area contributed by atoms with Crippen LogP contribution in [-0.2, 0) is 0 Å². The summed E-state index contributed by atoms with van der Waals surface area (Å²) >= 11 is 11.6. The highest BCUT2D eigenvalue weighted by Gasteiger charge is 2.26. The predicted octanol–water partition coefficient (Wildman–Crippen LogP) is -0.130. The van der Waals surface area contributed by atoms with E-state index in [0.717, 1.165) is 11.5 Å². The van der Waals surface area contributed by atoms with Crippen molar-refractivity contribution < 1.29 is 9.59 Å². The Hall–Kier alpha value is -0.930. The van der Waals surface area contributed by atoms with Gasteiger partial charge < -0.3 is 0 Å². The van der Waals surface area contributed by atoms with Gasteiger partial charge in [0.1, 0.15) is 9.90 Å². The van der Waals surface area contributed by atoms with Gasteiger partial charge in [-0.3, -0.25) is 15.0 Å². The molecule has 1 heterocycles. The first-order valence-electron chi connectivity index (χ1n) is 3.40. The molecule has 2 amide bonds. The average molecular weight is 270 g/mol. The van der Waals surface area contributed by atoms with Gasteiger partial charge in [0.15, 0.2) is 5.69 Å². The summed E-state index contributed by atoms with van der Waals surface area (Å²) in [7, 11) is 0. The van der Waals surface area contributed by atoms with Crippen LogP contribution in [0.15, 0.2) is 0 Å². The molecule has 0 radical (unpaired) electrons. The number of nitrogens with two attached hydrogens (primary N) is 2. The molecule has 1 aromatic rings. The van der Waals surface area contributed by atoms with Gasteiger partial charge in [0.25, 0.3) is 5.91 Å². The van der Waals surface area contributed by atoms with Crippen molar-refractivity contribution in [2.75, 3.05) is 0 Å². The van der Waals surface area contributed by atoms with Gasteiger partial charge in [-0.05, 0) is 11.5 Å². The van der Waals surface area contributed by atoms with Gasteiger partial charge in [-0.2, -0.15) is 8.90 Å². The molecule has 0 saturated heterocycles. The van der Waals surface area contributed by atoms with Gasteiger partial charge >= 0.3 is 5.91 Å². The largest absolute Gasteiger partial charge is 0.303 e. The number of aromatic nitrogens is 1. The lowest BCUT2D eigenvalue weighted by Gasteiger charge is -2.05. The van der Waals surface area contributed by atoms with E-state index < -0.39 is 11.8 Å². The molecule has 7 nitrogen and oxygen atoms in total. The first-order valence-corrected chi connectivity index (χ1v) is 4.89. The molecule has 0 saturated carbocycles. The van der Waals surface area contributed by atoms with Crippen LogP contribution in [0.3, 0.4) is 0 Å². The minimum Gasteiger partial charge on any atom is -0.290 e. The quantitative estimate of drug-likeness (QED) is 0.300. The first kappa shape index (κ1) is 12.1. The SMILES string of the molecule is NNC(=O)c1c(C(=O)N(N)Cl)nsc1Cl. The zero-order chi connectivity index (χ0) is 11.6. The monoisotopic (exact) mass is 269 g/mol. The Morgan fingerprint density at radius 2 is 2.13 bits per heavy atom. The smallest absolute Gasteiger partial charge is 0.290 e. The molecular weight excluding hydrogens is 265 g/mol. The molecule has 1 aromatic heterocycles. The number of hydrogen-bond donors (Lipinski definition) is 3. The van der Waals surface area contributed by atoms with E-state index >= 15 is 0 Å². The van der Waals surface area contributed by atoms with Gasteiger partial charge in [0, 0.05) is 11.8 Å². The molecule has 15 heavy (non-hydrogen) atoms. The van der Waals surface area contributed by atoms with Crippen molar-refractivity contribution in [2.24, 2.45) is 11.7 Å². The Kier molecular flexibility index (Phi) is 3.83. The Balaban J connectivity index is 3.20. The minimum absolute atomic E-state index is 0.0276. The second-order valence-corrected chi connectivity index (χ2v) is 4.01. The predicted molar refractivity (Wildman–Crippen MR) is 55.0 cm³/mol. The Bertz CT molecular complexity index is 406. The van der Waals surface area contributed by atoms with E-state index in [2.05, 4.69) is 4.37 Å². The van der Waals surface area contributed by atoms with E-state index in [4.69, 9.17) is 35.1 Å². The third-order valence-corrected chi connectivity index (χ3v) is 2.59. The molecule has 1 rings (SSSR count). The van der Waals surface area contributed by atoms with Crippen LogP contribution in [0, 0.1) is 0 Å². The third-order valence-electron chi connectivity index (χ3n) is 1.41. The summed E-state index contributed by atoms with van der Waals surface area (Å²) in [5, 5.41) is 0. The van der Waals surface area contributed by atoms with Crippen molar-refractivity contribution in [3.8, 4) is 0 Å². The molecule has 82 valence electrons. The van der Waals surface area contributed by atoms with Crippen LogP contribution in [0.5, 0.6) is 0 Å². The van der Waals surface area contributed by atoms with E-state index in [9.17, 15) is 9.59 Å². The molecule has 0 unspecified atom stereocenters. The van der Waals surface area contributed by atoms with Crippen LogP contribution in [0.2, 0.25) is 4.34 Å². The number of hydrazine groups is 2. The van der Waals surface area contributed by atoms with Gasteiger partial charge in [0.2, 0.25) is 0 Å². The topological polar surface area (TPSA) is 114 Å². The lowest BCUT2D eigenvalue weighted by molar-refractivity contribution is 0.0847. The van der Waals surface area contributed by atoms with E-state index in [-0.39, 0.29) is 20.1 Å². The molecule has 0 fully saturated rings. The van der Waals surface area contributed by atoms with Crippen molar-refractivity contribution in [2.45, 2.75) is 0 Å². The van der Waals surface area contributed by atoms with Gasteiger partial charge in [-0.25, -0.2) is 11.7 Å². The van der Waals surface area contributed by atoms with Crippen molar-refractivity contribution in [3.63, 3.8) is 0 Å². The molecule has 0 spiro atoms. The summed E-state index contributed by atoms with van der Waals surface area (Å²) in [6.07, 6.45) is 0. The number of carbonyl (C=O) groups excluding carboxylic acids is 2. The fourth-order valence-corrected chi connectivity index (χ4v) is 1.77. The zero-order valence-corrected chi connectivity index (χ0v) is 9.36. The number of carbonyl (C=O) groups is 2. The summed E-state index contributed by atoms with van der Waals surface area (Å²) in [6, 6.07) is 0. The minimum atomic E-state index is -0.849. The van der Waals surface area contributed by atoms with Crippen LogP contribution < -0.4 is 17.1 Å². The van der Waals surface area contributed by atoms with Gasteiger partial charge in [-0.1, -0.05) is 11.6 Å². The number of hydrogen-bond acceptors (Lipinski definition) is 6. The van der Waals surface area contributed by atoms with Gasteiger partial charge in [0.05, 0.1) is 0 Å². The highest BCUT2D eigenvalue weighted by molar-refractivity contribution is 7.11. The summed E-state index contributed by atoms with van der Waals surface area (Å²) < 4.78 is 3.95. The number of amides is 2. The molecule has 0 bridgehead atoms. The number of halogens is 2. The highest BCUT2D eigenvalue weighted by atomic mass is 35.5. The second-order valence-electron chi connectivity index (χ2n) is 2.27. The molecule has 0 aliphatic heterocycles. The molecule has 0 atom stereocenters. The molecule has 5 N–H and O–H groups in total. The van der Waals surface area contributed by atoms with Crippen molar-refractivity contribution in [3.05, 3.63) is 15.6 Å². The van der Waals surface area contributed by atoms with Crippen LogP contribution in [0.25, 0.3) is 0 Å². The molecule has 10 heteroatoms. The van der Waals surface area contributed by atoms with Crippen molar-refractivity contribution >= 4 is 46.7 Å². The molecular formula is C5H5Cl2N5O2S. The Labute approximate surface area is 98.1 Å². The lowest BCUT2D eigenvalue weighted by atomic mass is 10.2. The standard InChI is InChI=1S/C5H5Cl2N5O2S/c6-3-1(4(13)10-8)2(11-15-3)5(14)12(7)9/h8-9H2,(H,10,13). The third kappa shape index (κ3) is 2.36. The van der Waals surface area contributed by atoms with Crippen molar-refractivity contribution in [1.29, 1.82) is 0 Å². The molecule has 0 aliphatic rings. The number of nitrogen functional groups attached to an aromatic ring is 1. The Morgan fingerprint density at radius 1 is 1.53 bits per heavy atom. The van der Waals surface area contributed by atoms with E-state index in [1.165, 1.54) is 0 Å². The summed E-state index contributed by atoms with van der Waals surface area (Å²) in [4.78, 5) is 22.6. The van der Waals surface area contributed by atoms with Gasteiger partial charge in [-0.15, -0.1) is 0 Å². The summed E-state index contributed by atoms with van der Waals surface area (Å²) in [6.45, 7) is 0. The van der Waals surface area contributed by atoms with Crippen LogP contribution in [0.4, 0.5) is 0 Å². The maximum Gasteiger partial charge on any atom is 0.303 e. The zero-order valence-electron chi connectivity index (χ0n) is 7.03. The second kappa shape index (κ2) is 4.73. The van der Waals surface area contributed by atoms with Crippen molar-refractivity contribution in [1.82, 2.24) is 14.3 Å². The van der Waals surface area contributed by atoms with E-state index in [0.29, 0.717) is 0 Å². The fourth-order valence-electron chi connectivity index (χ4n) is 0.786. The number of nitrogens with one attached hydrogen (secondary N) is 1. The maximum atomic E-state index is 11.3.